The summed E-state index contributed by atoms with van der Waals surface area (Å²) in [5.74, 6) is 1.31. The normalized spacial score (nSPS) is 14.1. The van der Waals surface area contributed by atoms with E-state index < -0.39 is 5.60 Å². The molecule has 0 radical (unpaired) electrons. The molecule has 1 aliphatic rings. The van der Waals surface area contributed by atoms with Crippen LogP contribution in [0.15, 0.2) is 47.2 Å². The summed E-state index contributed by atoms with van der Waals surface area (Å²) in [7, 11) is 0. The number of aliphatic hydroxyl groups is 1. The number of anilines is 1. The molecule has 2 N–H and O–H groups in total. The van der Waals surface area contributed by atoms with Crippen LogP contribution in [0.4, 0.5) is 5.69 Å². The van der Waals surface area contributed by atoms with Crippen molar-refractivity contribution in [3.05, 3.63) is 65.4 Å². The third-order valence-corrected chi connectivity index (χ3v) is 5.98. The topological polar surface area (TPSA) is 106 Å². The molecule has 8 heteroatoms. The second-order valence-electron chi connectivity index (χ2n) is 9.41. The molecule has 4 aromatic rings. The first-order valence-corrected chi connectivity index (χ1v) is 11.2. The maximum atomic E-state index is 13.1. The van der Waals surface area contributed by atoms with E-state index in [1.165, 1.54) is 18.4 Å². The molecule has 0 aliphatic heterocycles. The Bertz CT molecular complexity index is 1330. The van der Waals surface area contributed by atoms with Crippen molar-refractivity contribution in [1.82, 2.24) is 19.5 Å². The van der Waals surface area contributed by atoms with Gasteiger partial charge in [0.2, 0.25) is 11.7 Å². The summed E-state index contributed by atoms with van der Waals surface area (Å²) >= 11 is 0. The predicted molar refractivity (Wildman–Crippen MR) is 124 cm³/mol. The zero-order valence-electron chi connectivity index (χ0n) is 19.0. The van der Waals surface area contributed by atoms with Gasteiger partial charge in [-0.1, -0.05) is 17.3 Å². The minimum atomic E-state index is -0.798. The highest BCUT2D eigenvalue weighted by Gasteiger charge is 2.24. The number of rotatable bonds is 7. The number of nitrogens with one attached hydrogen (secondary N) is 1. The Morgan fingerprint density at radius 1 is 1.27 bits per heavy atom. The van der Waals surface area contributed by atoms with Crippen molar-refractivity contribution < 1.29 is 14.4 Å². The van der Waals surface area contributed by atoms with Gasteiger partial charge in [-0.3, -0.25) is 9.20 Å². The molecule has 0 atom stereocenters. The number of benzene rings is 1. The van der Waals surface area contributed by atoms with Gasteiger partial charge >= 0.3 is 0 Å². The lowest BCUT2D eigenvalue weighted by Gasteiger charge is -2.14. The maximum Gasteiger partial charge on any atom is 0.274 e. The molecule has 170 valence electrons. The highest BCUT2D eigenvalue weighted by molar-refractivity contribution is 6.04. The average Bonchev–Trinajstić information content (AvgIpc) is 3.36. The molecular formula is C25H27N5O3. The number of carbonyl (C=O) groups excluding carboxylic acids is 1. The van der Waals surface area contributed by atoms with E-state index in [0.717, 1.165) is 16.8 Å². The van der Waals surface area contributed by atoms with Crippen molar-refractivity contribution in [3.63, 3.8) is 0 Å². The van der Waals surface area contributed by atoms with Crippen LogP contribution in [0.3, 0.4) is 0 Å². The molecule has 0 bridgehead atoms. The molecule has 3 heterocycles. The molecule has 0 unspecified atom stereocenters. The summed E-state index contributed by atoms with van der Waals surface area (Å²) in [5, 5.41) is 17.0. The number of carbonyl (C=O) groups is 1. The van der Waals surface area contributed by atoms with Crippen LogP contribution in [-0.2, 0) is 6.42 Å². The van der Waals surface area contributed by atoms with Crippen molar-refractivity contribution >= 4 is 17.2 Å². The van der Waals surface area contributed by atoms with Gasteiger partial charge in [0, 0.05) is 23.9 Å². The molecule has 1 aliphatic carbocycles. The van der Waals surface area contributed by atoms with Crippen molar-refractivity contribution in [3.8, 4) is 11.4 Å². The van der Waals surface area contributed by atoms with Crippen LogP contribution < -0.4 is 5.32 Å². The van der Waals surface area contributed by atoms with Gasteiger partial charge in [0.15, 0.2) is 0 Å². The van der Waals surface area contributed by atoms with Crippen molar-refractivity contribution in [2.45, 2.75) is 58.0 Å². The minimum Gasteiger partial charge on any atom is -0.390 e. The van der Waals surface area contributed by atoms with Crippen LogP contribution in [0.5, 0.6) is 0 Å². The number of hydrogen-bond acceptors (Lipinski definition) is 6. The quantitative estimate of drug-likeness (QED) is 0.433. The second kappa shape index (κ2) is 8.12. The van der Waals surface area contributed by atoms with Gasteiger partial charge in [-0.2, -0.15) is 4.98 Å². The lowest BCUT2D eigenvalue weighted by atomic mass is 10.0. The Morgan fingerprint density at radius 2 is 2.09 bits per heavy atom. The van der Waals surface area contributed by atoms with Crippen LogP contribution in [0.2, 0.25) is 0 Å². The lowest BCUT2D eigenvalue weighted by Crippen LogP contribution is -2.19. The van der Waals surface area contributed by atoms with Gasteiger partial charge in [-0.05, 0) is 75.3 Å². The monoisotopic (exact) mass is 445 g/mol. The van der Waals surface area contributed by atoms with Gasteiger partial charge in [0.05, 0.1) is 11.8 Å². The van der Waals surface area contributed by atoms with E-state index in [4.69, 9.17) is 4.52 Å². The molecule has 0 spiro atoms. The molecule has 33 heavy (non-hydrogen) atoms. The summed E-state index contributed by atoms with van der Waals surface area (Å²) in [6.45, 7) is 5.42. The van der Waals surface area contributed by atoms with E-state index in [-0.39, 0.29) is 5.91 Å². The van der Waals surface area contributed by atoms with E-state index in [2.05, 4.69) is 32.6 Å². The van der Waals surface area contributed by atoms with Crippen LogP contribution in [0.1, 0.15) is 66.5 Å². The van der Waals surface area contributed by atoms with Crippen molar-refractivity contribution in [2.24, 2.45) is 0 Å². The Morgan fingerprint density at radius 3 is 2.85 bits per heavy atom. The third-order valence-electron chi connectivity index (χ3n) is 5.98. The Labute approximate surface area is 191 Å². The van der Waals surface area contributed by atoms with Gasteiger partial charge in [-0.15, -0.1) is 0 Å². The number of aryl methyl sites for hydroxylation is 2. The van der Waals surface area contributed by atoms with E-state index in [1.54, 1.807) is 20.0 Å². The Balaban J connectivity index is 1.35. The van der Waals surface area contributed by atoms with Gasteiger partial charge in [0.1, 0.15) is 11.3 Å². The van der Waals surface area contributed by atoms with E-state index in [9.17, 15) is 9.90 Å². The number of imidazole rings is 1. The fourth-order valence-electron chi connectivity index (χ4n) is 3.80. The zero-order chi connectivity index (χ0) is 23.2. The molecule has 1 saturated carbocycles. The number of aromatic nitrogens is 4. The Hall–Kier alpha value is -3.52. The first kappa shape index (κ1) is 21.3. The minimum absolute atomic E-state index is 0.235. The summed E-state index contributed by atoms with van der Waals surface area (Å²) in [4.78, 5) is 21.9. The van der Waals surface area contributed by atoms with Crippen LogP contribution >= 0.6 is 0 Å². The largest absolute Gasteiger partial charge is 0.390 e. The van der Waals surface area contributed by atoms with E-state index >= 15 is 0 Å². The summed E-state index contributed by atoms with van der Waals surface area (Å²) in [6.07, 6.45) is 6.98. The zero-order valence-corrected chi connectivity index (χ0v) is 19.0. The molecule has 1 amide bonds. The fourth-order valence-corrected chi connectivity index (χ4v) is 3.80. The number of nitrogens with zero attached hydrogens (tertiary/aromatic N) is 4. The smallest absolute Gasteiger partial charge is 0.274 e. The molecule has 1 fully saturated rings. The summed E-state index contributed by atoms with van der Waals surface area (Å²) < 4.78 is 7.15. The SMILES string of the molecule is Cc1ccc(-c2noc(CCC(C)(C)O)n2)cc1NC(=O)c1cnc2cc(C3CC3)ccn12. The number of pyridine rings is 1. The van der Waals surface area contributed by atoms with Crippen LogP contribution in [-0.4, -0.2) is 36.1 Å². The van der Waals surface area contributed by atoms with Crippen LogP contribution in [0.25, 0.3) is 17.0 Å². The predicted octanol–water partition coefficient (Wildman–Crippen LogP) is 4.53. The third kappa shape index (κ3) is 4.66. The maximum absolute atomic E-state index is 13.1. The van der Waals surface area contributed by atoms with E-state index in [1.807, 2.05) is 35.7 Å². The summed E-state index contributed by atoms with van der Waals surface area (Å²) in [6, 6.07) is 9.77. The molecule has 3 aromatic heterocycles. The average molecular weight is 446 g/mol. The fraction of sp³-hybridized carbons (Fsp3) is 0.360. The summed E-state index contributed by atoms with van der Waals surface area (Å²) in [5.41, 5.74) is 4.07. The molecule has 0 saturated heterocycles. The van der Waals surface area contributed by atoms with Gasteiger partial charge in [0.25, 0.3) is 5.91 Å². The van der Waals surface area contributed by atoms with E-state index in [0.29, 0.717) is 41.9 Å². The number of hydrogen-bond donors (Lipinski definition) is 2. The van der Waals surface area contributed by atoms with Gasteiger partial charge < -0.3 is 14.9 Å². The second-order valence-corrected chi connectivity index (χ2v) is 9.41. The van der Waals surface area contributed by atoms with Crippen LogP contribution in [0, 0.1) is 6.92 Å². The first-order valence-electron chi connectivity index (χ1n) is 11.2. The van der Waals surface area contributed by atoms with Crippen molar-refractivity contribution in [1.29, 1.82) is 0 Å². The molecular weight excluding hydrogens is 418 g/mol. The first-order chi connectivity index (χ1) is 15.8. The lowest BCUT2D eigenvalue weighted by molar-refractivity contribution is 0.0689. The molecule has 5 rings (SSSR count). The van der Waals surface area contributed by atoms with Crippen molar-refractivity contribution in [2.75, 3.05) is 5.32 Å². The molecule has 1 aromatic carbocycles. The highest BCUT2D eigenvalue weighted by atomic mass is 16.5. The highest BCUT2D eigenvalue weighted by Crippen LogP contribution is 2.40. The molecule has 8 nitrogen and oxygen atoms in total. The number of amides is 1. The van der Waals surface area contributed by atoms with Gasteiger partial charge in [-0.25, -0.2) is 4.98 Å². The number of fused-ring (bicyclic) bond motifs is 1. The standard InChI is InChI=1S/C25H27N5O3/c1-15-4-5-18(23-28-22(33-29-23)8-10-25(2,3)32)12-19(15)27-24(31)20-14-26-21-13-17(16-6-7-16)9-11-30(20)21/h4-5,9,11-14,16,32H,6-8,10H2,1-3H3,(H,27,31). The Kier molecular flexibility index (Phi) is 5.25.